The molecule has 0 amide bonds. The van der Waals surface area contributed by atoms with E-state index in [1.54, 1.807) is 7.11 Å². The fourth-order valence-corrected chi connectivity index (χ4v) is 5.01. The van der Waals surface area contributed by atoms with E-state index in [2.05, 4.69) is 31.2 Å². The average molecular weight is 371 g/mol. The molecule has 1 aromatic carbocycles. The Bertz CT molecular complexity index is 408. The molecule has 0 saturated carbocycles. The van der Waals surface area contributed by atoms with Crippen LogP contribution in [0.2, 0.25) is 4.82 Å². The van der Waals surface area contributed by atoms with Gasteiger partial charge in [0.2, 0.25) is 0 Å². The van der Waals surface area contributed by atoms with Crippen LogP contribution >= 0.6 is 0 Å². The molecular formula is C18H28O3Se. The second-order valence-electron chi connectivity index (χ2n) is 5.39. The monoisotopic (exact) mass is 372 g/mol. The summed E-state index contributed by atoms with van der Waals surface area (Å²) in [4.78, 5) is 12.3. The number of benzene rings is 1. The van der Waals surface area contributed by atoms with E-state index in [4.69, 9.17) is 9.47 Å². The maximum absolute atomic E-state index is 11.8. The van der Waals surface area contributed by atoms with Crippen molar-refractivity contribution in [1.82, 2.24) is 0 Å². The van der Waals surface area contributed by atoms with Gasteiger partial charge in [-0.2, -0.15) is 0 Å². The van der Waals surface area contributed by atoms with Crippen LogP contribution in [0.15, 0.2) is 30.3 Å². The Labute approximate surface area is 140 Å². The molecule has 22 heavy (non-hydrogen) atoms. The Morgan fingerprint density at radius 2 is 1.86 bits per heavy atom. The molecule has 0 aliphatic carbocycles. The van der Waals surface area contributed by atoms with E-state index in [-0.39, 0.29) is 5.97 Å². The van der Waals surface area contributed by atoms with Crippen LogP contribution in [0.3, 0.4) is 0 Å². The third-order valence-electron chi connectivity index (χ3n) is 3.65. The van der Waals surface area contributed by atoms with Gasteiger partial charge in [-0.15, -0.1) is 0 Å². The SMILES string of the molecule is CCCCCCC(CC(OC)C(=O)OC)[Se]c1ccccc1. The third kappa shape index (κ3) is 7.44. The zero-order chi connectivity index (χ0) is 16.2. The number of carbonyl (C=O) groups excluding carboxylic acids is 1. The first-order valence-corrected chi connectivity index (χ1v) is 9.88. The molecule has 0 spiro atoms. The number of methoxy groups -OCH3 is 2. The number of carbonyl (C=O) groups is 1. The molecule has 2 unspecified atom stereocenters. The molecule has 0 bridgehead atoms. The van der Waals surface area contributed by atoms with E-state index >= 15 is 0 Å². The van der Waals surface area contributed by atoms with Gasteiger partial charge in [0, 0.05) is 0 Å². The number of esters is 1. The maximum atomic E-state index is 11.8. The normalized spacial score (nSPS) is 13.6. The van der Waals surface area contributed by atoms with Crippen LogP contribution in [0, 0.1) is 0 Å². The molecule has 4 heteroatoms. The van der Waals surface area contributed by atoms with Gasteiger partial charge in [0.1, 0.15) is 0 Å². The number of hydrogen-bond donors (Lipinski definition) is 0. The van der Waals surface area contributed by atoms with Gasteiger partial charge in [0.25, 0.3) is 0 Å². The minimum absolute atomic E-state index is 0.259. The first kappa shape index (κ1) is 19.2. The van der Waals surface area contributed by atoms with Crippen molar-refractivity contribution < 1.29 is 14.3 Å². The van der Waals surface area contributed by atoms with Crippen LogP contribution < -0.4 is 4.46 Å². The van der Waals surface area contributed by atoms with E-state index in [0.717, 1.165) is 12.8 Å². The van der Waals surface area contributed by atoms with Crippen LogP contribution in [0.1, 0.15) is 45.4 Å². The van der Waals surface area contributed by atoms with Crippen molar-refractivity contribution in [2.24, 2.45) is 0 Å². The Hall–Kier alpha value is -0.831. The molecule has 124 valence electrons. The number of hydrogen-bond acceptors (Lipinski definition) is 3. The van der Waals surface area contributed by atoms with E-state index in [9.17, 15) is 4.79 Å². The predicted molar refractivity (Wildman–Crippen MR) is 91.8 cm³/mol. The molecule has 0 saturated heterocycles. The van der Waals surface area contributed by atoms with Gasteiger partial charge in [-0.05, 0) is 0 Å². The van der Waals surface area contributed by atoms with Gasteiger partial charge in [-0.3, -0.25) is 0 Å². The summed E-state index contributed by atoms with van der Waals surface area (Å²) >= 11 is 0.359. The molecule has 1 aromatic rings. The van der Waals surface area contributed by atoms with Gasteiger partial charge in [-0.1, -0.05) is 0 Å². The molecule has 0 radical (unpaired) electrons. The summed E-state index contributed by atoms with van der Waals surface area (Å²) in [7, 11) is 3.01. The number of unbranched alkanes of at least 4 members (excludes halogenated alkanes) is 3. The third-order valence-corrected chi connectivity index (χ3v) is 6.39. The van der Waals surface area contributed by atoms with Crippen molar-refractivity contribution in [1.29, 1.82) is 0 Å². The van der Waals surface area contributed by atoms with Crippen LogP contribution in [-0.2, 0) is 14.3 Å². The fourth-order valence-electron chi connectivity index (χ4n) is 2.37. The van der Waals surface area contributed by atoms with Crippen LogP contribution in [0.4, 0.5) is 0 Å². The van der Waals surface area contributed by atoms with Crippen LogP contribution in [0.25, 0.3) is 0 Å². The zero-order valence-corrected chi connectivity index (χ0v) is 15.6. The van der Waals surface area contributed by atoms with Crippen molar-refractivity contribution in [2.75, 3.05) is 14.2 Å². The van der Waals surface area contributed by atoms with Crippen molar-refractivity contribution in [3.63, 3.8) is 0 Å². The fraction of sp³-hybridized carbons (Fsp3) is 0.611. The van der Waals surface area contributed by atoms with E-state index < -0.39 is 6.10 Å². The predicted octanol–water partition coefficient (Wildman–Crippen LogP) is 3.35. The van der Waals surface area contributed by atoms with Crippen molar-refractivity contribution in [3.05, 3.63) is 30.3 Å². The molecular weight excluding hydrogens is 343 g/mol. The first-order chi connectivity index (χ1) is 10.7. The summed E-state index contributed by atoms with van der Waals surface area (Å²) in [5.41, 5.74) is 0. The van der Waals surface area contributed by atoms with Crippen LogP contribution in [-0.4, -0.2) is 41.2 Å². The zero-order valence-electron chi connectivity index (χ0n) is 13.9. The van der Waals surface area contributed by atoms with E-state index in [0.29, 0.717) is 19.8 Å². The number of rotatable bonds is 11. The van der Waals surface area contributed by atoms with Gasteiger partial charge in [0.05, 0.1) is 0 Å². The molecule has 1 rings (SSSR count). The van der Waals surface area contributed by atoms with Crippen molar-refractivity contribution >= 4 is 25.4 Å². The first-order valence-electron chi connectivity index (χ1n) is 8.03. The summed E-state index contributed by atoms with van der Waals surface area (Å²) in [6, 6.07) is 10.6. The Balaban J connectivity index is 2.61. The van der Waals surface area contributed by atoms with E-state index in [1.807, 2.05) is 6.07 Å². The molecule has 0 N–H and O–H groups in total. The topological polar surface area (TPSA) is 35.5 Å². The molecule has 0 aromatic heterocycles. The second-order valence-corrected chi connectivity index (χ2v) is 8.27. The number of ether oxygens (including phenoxy) is 2. The molecule has 3 nitrogen and oxygen atoms in total. The Morgan fingerprint density at radius 1 is 1.14 bits per heavy atom. The average Bonchev–Trinajstić information content (AvgIpc) is 2.56. The standard InChI is InChI=1S/C18H28O3Se/c1-4-5-6-8-13-16(14-17(20-2)18(19)21-3)22-15-11-9-7-10-12-15/h7,9-12,16-17H,4-6,8,13-14H2,1-3H3. The molecule has 0 fully saturated rings. The summed E-state index contributed by atoms with van der Waals surface area (Å²) in [6.45, 7) is 2.23. The molecule has 0 aliphatic heterocycles. The van der Waals surface area contributed by atoms with Gasteiger partial charge in [-0.25, -0.2) is 0 Å². The Kier molecular flexibility index (Phi) is 10.2. The summed E-state index contributed by atoms with van der Waals surface area (Å²) in [5.74, 6) is -0.259. The van der Waals surface area contributed by atoms with Crippen molar-refractivity contribution in [2.45, 2.75) is 56.4 Å². The van der Waals surface area contributed by atoms with E-state index in [1.165, 1.54) is 37.3 Å². The summed E-state index contributed by atoms with van der Waals surface area (Å²) in [5, 5.41) is 0. The van der Waals surface area contributed by atoms with Gasteiger partial charge < -0.3 is 0 Å². The van der Waals surface area contributed by atoms with Gasteiger partial charge >= 0.3 is 141 Å². The van der Waals surface area contributed by atoms with Crippen molar-refractivity contribution in [3.8, 4) is 0 Å². The van der Waals surface area contributed by atoms with Crippen LogP contribution in [0.5, 0.6) is 0 Å². The summed E-state index contributed by atoms with van der Waals surface area (Å²) in [6.07, 6.45) is 6.51. The minimum atomic E-state index is -0.438. The second kappa shape index (κ2) is 11.7. The Morgan fingerprint density at radius 3 is 2.45 bits per heavy atom. The summed E-state index contributed by atoms with van der Waals surface area (Å²) < 4.78 is 11.6. The van der Waals surface area contributed by atoms with Gasteiger partial charge in [0.15, 0.2) is 0 Å². The molecule has 2 atom stereocenters. The molecule has 0 heterocycles. The molecule has 0 aliphatic rings. The quantitative estimate of drug-likeness (QED) is 0.340.